The second-order valence-corrected chi connectivity index (χ2v) is 8.57. The van der Waals surface area contributed by atoms with E-state index in [2.05, 4.69) is 19.9 Å². The van der Waals surface area contributed by atoms with Crippen LogP contribution in [0.2, 0.25) is 0 Å². The van der Waals surface area contributed by atoms with Gasteiger partial charge in [0, 0.05) is 26.2 Å². The molecule has 2 saturated heterocycles. The standard InChI is InChI=1S/C23H31N5O3/c1-4-31-23(30)17-7-10-27(11-8-17)22(29)18-6-5-9-28(14-18)19-12-20-21(24-13-19)26-16(3)15(2)25-20/h12-13,17-18H,4-11,14H2,1-3H3/t18-/m1/s1. The molecule has 2 aliphatic rings. The van der Waals surface area contributed by atoms with Gasteiger partial charge in [-0.3, -0.25) is 9.59 Å². The number of nitrogens with zero attached hydrogens (tertiary/aromatic N) is 5. The van der Waals surface area contributed by atoms with Crippen LogP contribution in [0, 0.1) is 25.7 Å². The predicted molar refractivity (Wildman–Crippen MR) is 118 cm³/mol. The van der Waals surface area contributed by atoms with Crippen molar-refractivity contribution in [1.82, 2.24) is 19.9 Å². The zero-order chi connectivity index (χ0) is 22.0. The maximum Gasteiger partial charge on any atom is 0.309 e. The van der Waals surface area contributed by atoms with Crippen LogP contribution in [0.3, 0.4) is 0 Å². The summed E-state index contributed by atoms with van der Waals surface area (Å²) in [5.74, 6) is -0.0408. The van der Waals surface area contributed by atoms with Crippen LogP contribution in [0.4, 0.5) is 5.69 Å². The fourth-order valence-electron chi connectivity index (χ4n) is 4.55. The Hall–Kier alpha value is -2.77. The van der Waals surface area contributed by atoms with E-state index >= 15 is 0 Å². The van der Waals surface area contributed by atoms with Crippen molar-refractivity contribution in [2.75, 3.05) is 37.7 Å². The summed E-state index contributed by atoms with van der Waals surface area (Å²) in [6, 6.07) is 2.03. The molecule has 0 unspecified atom stereocenters. The molecule has 1 atom stereocenters. The number of fused-ring (bicyclic) bond motifs is 1. The van der Waals surface area contributed by atoms with E-state index < -0.39 is 0 Å². The van der Waals surface area contributed by atoms with E-state index in [1.165, 1.54) is 0 Å². The third-order valence-corrected chi connectivity index (χ3v) is 6.48. The highest BCUT2D eigenvalue weighted by atomic mass is 16.5. The van der Waals surface area contributed by atoms with Crippen LogP contribution in [0.5, 0.6) is 0 Å². The molecule has 0 radical (unpaired) electrons. The van der Waals surface area contributed by atoms with Gasteiger partial charge in [-0.25, -0.2) is 15.0 Å². The van der Waals surface area contributed by atoms with Gasteiger partial charge in [-0.2, -0.15) is 0 Å². The van der Waals surface area contributed by atoms with E-state index in [0.717, 1.165) is 42.0 Å². The van der Waals surface area contributed by atoms with Crippen LogP contribution in [0.15, 0.2) is 12.3 Å². The lowest BCUT2D eigenvalue weighted by atomic mass is 9.92. The first-order valence-corrected chi connectivity index (χ1v) is 11.3. The van der Waals surface area contributed by atoms with Crippen molar-refractivity contribution in [3.63, 3.8) is 0 Å². The number of likely N-dealkylation sites (tertiary alicyclic amines) is 1. The molecule has 0 spiro atoms. The van der Waals surface area contributed by atoms with Crippen molar-refractivity contribution < 1.29 is 14.3 Å². The molecule has 0 saturated carbocycles. The van der Waals surface area contributed by atoms with E-state index in [1.54, 1.807) is 0 Å². The van der Waals surface area contributed by atoms with Gasteiger partial charge in [0.25, 0.3) is 0 Å². The lowest BCUT2D eigenvalue weighted by Gasteiger charge is -2.38. The van der Waals surface area contributed by atoms with Crippen molar-refractivity contribution in [3.05, 3.63) is 23.7 Å². The Morgan fingerprint density at radius 1 is 1.06 bits per heavy atom. The zero-order valence-electron chi connectivity index (χ0n) is 18.6. The molecule has 31 heavy (non-hydrogen) atoms. The number of amides is 1. The number of aryl methyl sites for hydroxylation is 2. The van der Waals surface area contributed by atoms with Gasteiger partial charge in [0.1, 0.15) is 5.52 Å². The Kier molecular flexibility index (Phi) is 6.34. The quantitative estimate of drug-likeness (QED) is 0.696. The normalized spacial score (nSPS) is 20.2. The highest BCUT2D eigenvalue weighted by Gasteiger charge is 2.33. The van der Waals surface area contributed by atoms with Gasteiger partial charge >= 0.3 is 5.97 Å². The van der Waals surface area contributed by atoms with E-state index in [1.807, 2.05) is 37.9 Å². The Balaban J connectivity index is 1.40. The summed E-state index contributed by atoms with van der Waals surface area (Å²) in [5, 5.41) is 0. The average Bonchev–Trinajstić information content (AvgIpc) is 2.79. The number of piperidine rings is 2. The van der Waals surface area contributed by atoms with Gasteiger partial charge in [0.05, 0.1) is 41.7 Å². The number of rotatable bonds is 4. The predicted octanol–water partition coefficient (Wildman–Crippen LogP) is 2.66. The maximum absolute atomic E-state index is 13.2. The molecule has 2 aromatic heterocycles. The fraction of sp³-hybridized carbons (Fsp3) is 0.609. The highest BCUT2D eigenvalue weighted by molar-refractivity contribution is 5.81. The Labute approximate surface area is 183 Å². The lowest BCUT2D eigenvalue weighted by molar-refractivity contribution is -0.151. The molecule has 0 bridgehead atoms. The average molecular weight is 426 g/mol. The number of carbonyl (C=O) groups excluding carboxylic acids is 2. The van der Waals surface area contributed by atoms with E-state index in [0.29, 0.717) is 44.7 Å². The third kappa shape index (κ3) is 4.62. The molecule has 1 amide bonds. The Morgan fingerprint density at radius 2 is 1.81 bits per heavy atom. The second kappa shape index (κ2) is 9.16. The first-order chi connectivity index (χ1) is 15.0. The number of carbonyl (C=O) groups is 2. The van der Waals surface area contributed by atoms with Crippen LogP contribution in [0.25, 0.3) is 11.2 Å². The lowest BCUT2D eigenvalue weighted by Crippen LogP contribution is -2.48. The molecule has 0 aromatic carbocycles. The minimum absolute atomic E-state index is 0.0329. The smallest absolute Gasteiger partial charge is 0.309 e. The number of hydrogen-bond acceptors (Lipinski definition) is 7. The third-order valence-electron chi connectivity index (χ3n) is 6.48. The largest absolute Gasteiger partial charge is 0.466 e. The van der Waals surface area contributed by atoms with Crippen molar-refractivity contribution >= 4 is 28.7 Å². The van der Waals surface area contributed by atoms with Gasteiger partial charge in [-0.1, -0.05) is 0 Å². The number of pyridine rings is 1. The monoisotopic (exact) mass is 425 g/mol. The molecule has 166 valence electrons. The summed E-state index contributed by atoms with van der Waals surface area (Å²) in [6.45, 7) is 8.97. The first kappa shape index (κ1) is 21.5. The van der Waals surface area contributed by atoms with Crippen molar-refractivity contribution in [3.8, 4) is 0 Å². The molecule has 2 fully saturated rings. The summed E-state index contributed by atoms with van der Waals surface area (Å²) in [6.07, 6.45) is 5.07. The van der Waals surface area contributed by atoms with Gasteiger partial charge in [-0.15, -0.1) is 0 Å². The molecule has 8 heteroatoms. The molecule has 0 N–H and O–H groups in total. The molecule has 4 heterocycles. The summed E-state index contributed by atoms with van der Waals surface area (Å²) in [5.41, 5.74) is 4.23. The number of esters is 1. The number of hydrogen-bond donors (Lipinski definition) is 0. The van der Waals surface area contributed by atoms with Crippen LogP contribution >= 0.6 is 0 Å². The minimum atomic E-state index is -0.129. The summed E-state index contributed by atoms with van der Waals surface area (Å²) in [7, 11) is 0. The molecule has 0 aliphatic carbocycles. The van der Waals surface area contributed by atoms with Crippen molar-refractivity contribution in [2.45, 2.75) is 46.5 Å². The number of anilines is 1. The fourth-order valence-corrected chi connectivity index (χ4v) is 4.55. The van der Waals surface area contributed by atoms with Gasteiger partial charge in [0.2, 0.25) is 5.91 Å². The summed E-state index contributed by atoms with van der Waals surface area (Å²) >= 11 is 0. The number of aromatic nitrogens is 3. The van der Waals surface area contributed by atoms with Crippen molar-refractivity contribution in [1.29, 1.82) is 0 Å². The van der Waals surface area contributed by atoms with Gasteiger partial charge < -0.3 is 14.5 Å². The van der Waals surface area contributed by atoms with E-state index in [-0.39, 0.29) is 23.7 Å². The Bertz CT molecular complexity index is 971. The minimum Gasteiger partial charge on any atom is -0.466 e. The van der Waals surface area contributed by atoms with E-state index in [4.69, 9.17) is 4.74 Å². The topological polar surface area (TPSA) is 88.5 Å². The second-order valence-electron chi connectivity index (χ2n) is 8.57. The molecule has 2 aromatic rings. The number of ether oxygens (including phenoxy) is 1. The van der Waals surface area contributed by atoms with Crippen LogP contribution in [0.1, 0.15) is 44.0 Å². The maximum atomic E-state index is 13.2. The van der Waals surface area contributed by atoms with Crippen LogP contribution < -0.4 is 4.90 Å². The van der Waals surface area contributed by atoms with Crippen LogP contribution in [-0.2, 0) is 14.3 Å². The Morgan fingerprint density at radius 3 is 2.55 bits per heavy atom. The van der Waals surface area contributed by atoms with Gasteiger partial charge in [-0.05, 0) is 52.5 Å². The van der Waals surface area contributed by atoms with Gasteiger partial charge in [0.15, 0.2) is 5.65 Å². The first-order valence-electron chi connectivity index (χ1n) is 11.3. The SMILES string of the molecule is CCOC(=O)C1CCN(C(=O)[C@@H]2CCCN(c3cnc4nc(C)c(C)nc4c3)C2)CC1. The molecule has 4 rings (SSSR count). The molecule has 2 aliphatic heterocycles. The summed E-state index contributed by atoms with van der Waals surface area (Å²) in [4.78, 5) is 42.9. The molecule has 8 nitrogen and oxygen atoms in total. The van der Waals surface area contributed by atoms with E-state index in [9.17, 15) is 9.59 Å². The highest BCUT2D eigenvalue weighted by Crippen LogP contribution is 2.27. The molecular weight excluding hydrogens is 394 g/mol. The van der Waals surface area contributed by atoms with Crippen molar-refractivity contribution in [2.24, 2.45) is 11.8 Å². The molecular formula is C23H31N5O3. The van der Waals surface area contributed by atoms with Crippen LogP contribution in [-0.4, -0.2) is 64.5 Å². The summed E-state index contributed by atoms with van der Waals surface area (Å²) < 4.78 is 5.14. The zero-order valence-corrected chi connectivity index (χ0v) is 18.6.